The van der Waals surface area contributed by atoms with Crippen LogP contribution in [-0.2, 0) is 13.0 Å². The first-order chi connectivity index (χ1) is 16.1. The highest BCUT2D eigenvalue weighted by Gasteiger charge is 2.11. The fraction of sp³-hybridized carbons (Fsp3) is 0.231. The van der Waals surface area contributed by atoms with E-state index in [1.54, 1.807) is 31.4 Å². The summed E-state index contributed by atoms with van der Waals surface area (Å²) in [5, 5.41) is 3.50. The van der Waals surface area contributed by atoms with Crippen molar-refractivity contribution in [1.29, 1.82) is 0 Å². The summed E-state index contributed by atoms with van der Waals surface area (Å²) < 4.78 is 13.3. The average Bonchev–Trinajstić information content (AvgIpc) is 3.19. The van der Waals surface area contributed by atoms with Crippen LogP contribution in [0.25, 0.3) is 11.0 Å². The summed E-state index contributed by atoms with van der Waals surface area (Å²) in [6.45, 7) is 1.75. The molecule has 0 spiro atoms. The molecule has 4 rings (SSSR count). The van der Waals surface area contributed by atoms with E-state index in [0.29, 0.717) is 30.3 Å². The molecule has 33 heavy (non-hydrogen) atoms. The molecule has 6 nitrogen and oxygen atoms in total. The van der Waals surface area contributed by atoms with E-state index in [-0.39, 0.29) is 5.91 Å². The Kier molecular flexibility index (Phi) is 7.47. The van der Waals surface area contributed by atoms with Crippen LogP contribution in [0.1, 0.15) is 22.6 Å². The highest BCUT2D eigenvalue weighted by atomic mass is 35.5. The van der Waals surface area contributed by atoms with Crippen molar-refractivity contribution >= 4 is 28.5 Å². The molecule has 4 aromatic rings. The van der Waals surface area contributed by atoms with Crippen LogP contribution in [0.15, 0.2) is 72.8 Å². The Balaban J connectivity index is 1.35. The minimum absolute atomic E-state index is 0.126. The van der Waals surface area contributed by atoms with Crippen LogP contribution in [0, 0.1) is 0 Å². The standard InChI is InChI=1S/C26H26ClN3O3/c1-32-21-11-13-22(14-12-21)33-17-16-30-24-9-3-2-8-23(24)29-25(30)10-5-15-28-26(31)19-6-4-7-20(27)18-19/h2-4,6-9,11-14,18H,5,10,15-17H2,1H3,(H,28,31). The quantitative estimate of drug-likeness (QED) is 0.331. The Morgan fingerprint density at radius 1 is 1.03 bits per heavy atom. The molecule has 0 saturated heterocycles. The lowest BCUT2D eigenvalue weighted by atomic mass is 10.2. The Bertz CT molecular complexity index is 1220. The molecule has 170 valence electrons. The third-order valence-corrected chi connectivity index (χ3v) is 5.56. The summed E-state index contributed by atoms with van der Waals surface area (Å²) in [4.78, 5) is 17.1. The molecule has 0 aliphatic carbocycles. The van der Waals surface area contributed by atoms with E-state index in [1.165, 1.54) is 0 Å². The van der Waals surface area contributed by atoms with Crippen LogP contribution in [0.2, 0.25) is 5.02 Å². The number of nitrogens with one attached hydrogen (secondary N) is 1. The Hall–Kier alpha value is -3.51. The number of aromatic nitrogens is 2. The number of carbonyl (C=O) groups excluding carboxylic acids is 1. The molecule has 3 aromatic carbocycles. The van der Waals surface area contributed by atoms with Gasteiger partial charge in [-0.1, -0.05) is 29.8 Å². The van der Waals surface area contributed by atoms with E-state index in [9.17, 15) is 4.79 Å². The second-order valence-electron chi connectivity index (χ2n) is 7.56. The van der Waals surface area contributed by atoms with Gasteiger partial charge in [0.05, 0.1) is 24.7 Å². The number of para-hydroxylation sites is 2. The summed E-state index contributed by atoms with van der Waals surface area (Å²) in [7, 11) is 1.64. The molecule has 7 heteroatoms. The van der Waals surface area contributed by atoms with Gasteiger partial charge in [0.15, 0.2) is 0 Å². The summed E-state index contributed by atoms with van der Waals surface area (Å²) in [6, 6.07) is 22.6. The van der Waals surface area contributed by atoms with Gasteiger partial charge in [0, 0.05) is 23.6 Å². The Labute approximate surface area is 198 Å². The number of nitrogens with zero attached hydrogens (tertiary/aromatic N) is 2. The number of hydrogen-bond acceptors (Lipinski definition) is 4. The van der Waals surface area contributed by atoms with Crippen LogP contribution in [0.5, 0.6) is 11.5 Å². The van der Waals surface area contributed by atoms with Gasteiger partial charge in [-0.3, -0.25) is 4.79 Å². The third-order valence-electron chi connectivity index (χ3n) is 5.33. The second kappa shape index (κ2) is 10.9. The van der Waals surface area contributed by atoms with Crippen molar-refractivity contribution < 1.29 is 14.3 Å². The molecule has 0 radical (unpaired) electrons. The van der Waals surface area contributed by atoms with Crippen molar-refractivity contribution in [3.8, 4) is 11.5 Å². The molecule has 0 saturated carbocycles. The van der Waals surface area contributed by atoms with E-state index in [1.807, 2.05) is 42.5 Å². The van der Waals surface area contributed by atoms with Crippen molar-refractivity contribution in [3.05, 3.63) is 89.2 Å². The molecule has 1 heterocycles. The fourth-order valence-electron chi connectivity index (χ4n) is 3.67. The van der Waals surface area contributed by atoms with Gasteiger partial charge in [-0.25, -0.2) is 4.98 Å². The topological polar surface area (TPSA) is 65.4 Å². The number of benzene rings is 3. The molecule has 1 N–H and O–H groups in total. The minimum Gasteiger partial charge on any atom is -0.497 e. The molecule has 0 fully saturated rings. The SMILES string of the molecule is COc1ccc(OCCn2c(CCCNC(=O)c3cccc(Cl)c3)nc3ccccc32)cc1. The lowest BCUT2D eigenvalue weighted by molar-refractivity contribution is 0.0953. The zero-order valence-electron chi connectivity index (χ0n) is 18.5. The van der Waals surface area contributed by atoms with Gasteiger partial charge < -0.3 is 19.4 Å². The molecule has 1 aromatic heterocycles. The number of imidazole rings is 1. The normalized spacial score (nSPS) is 10.8. The number of ether oxygens (including phenoxy) is 2. The molecule has 0 bridgehead atoms. The lowest BCUT2D eigenvalue weighted by Gasteiger charge is -2.11. The Morgan fingerprint density at radius 3 is 2.61 bits per heavy atom. The highest BCUT2D eigenvalue weighted by Crippen LogP contribution is 2.19. The van der Waals surface area contributed by atoms with Crippen LogP contribution in [-0.4, -0.2) is 35.7 Å². The maximum atomic E-state index is 12.3. The number of halogens is 1. The van der Waals surface area contributed by atoms with Crippen LogP contribution in [0.4, 0.5) is 0 Å². The van der Waals surface area contributed by atoms with Gasteiger partial charge in [-0.2, -0.15) is 0 Å². The number of carbonyl (C=O) groups is 1. The van der Waals surface area contributed by atoms with Gasteiger partial charge in [-0.15, -0.1) is 0 Å². The summed E-state index contributed by atoms with van der Waals surface area (Å²) in [5.41, 5.74) is 2.60. The maximum Gasteiger partial charge on any atom is 0.251 e. The van der Waals surface area contributed by atoms with E-state index in [2.05, 4.69) is 16.0 Å². The molecule has 0 unspecified atom stereocenters. The van der Waals surface area contributed by atoms with E-state index in [0.717, 1.165) is 41.2 Å². The first-order valence-corrected chi connectivity index (χ1v) is 11.3. The number of aryl methyl sites for hydroxylation is 1. The van der Waals surface area contributed by atoms with Gasteiger partial charge in [0.25, 0.3) is 5.91 Å². The van der Waals surface area contributed by atoms with Gasteiger partial charge in [0.1, 0.15) is 23.9 Å². The Morgan fingerprint density at radius 2 is 1.82 bits per heavy atom. The zero-order valence-corrected chi connectivity index (χ0v) is 19.2. The highest BCUT2D eigenvalue weighted by molar-refractivity contribution is 6.30. The van der Waals surface area contributed by atoms with Crippen LogP contribution >= 0.6 is 11.6 Å². The van der Waals surface area contributed by atoms with Crippen LogP contribution < -0.4 is 14.8 Å². The number of amides is 1. The summed E-state index contributed by atoms with van der Waals surface area (Å²) in [6.07, 6.45) is 1.52. The molecule has 0 atom stereocenters. The number of fused-ring (bicyclic) bond motifs is 1. The van der Waals surface area contributed by atoms with Crippen molar-refractivity contribution in [2.24, 2.45) is 0 Å². The lowest BCUT2D eigenvalue weighted by Crippen LogP contribution is -2.25. The number of rotatable bonds is 10. The molecular formula is C26H26ClN3O3. The molecule has 0 aliphatic rings. The van der Waals surface area contributed by atoms with Crippen molar-refractivity contribution in [3.63, 3.8) is 0 Å². The maximum absolute atomic E-state index is 12.3. The first-order valence-electron chi connectivity index (χ1n) is 10.9. The monoisotopic (exact) mass is 463 g/mol. The van der Waals surface area contributed by atoms with E-state index >= 15 is 0 Å². The smallest absolute Gasteiger partial charge is 0.251 e. The number of methoxy groups -OCH3 is 1. The van der Waals surface area contributed by atoms with Gasteiger partial charge >= 0.3 is 0 Å². The van der Waals surface area contributed by atoms with E-state index < -0.39 is 0 Å². The van der Waals surface area contributed by atoms with E-state index in [4.69, 9.17) is 26.1 Å². The van der Waals surface area contributed by atoms with Crippen molar-refractivity contribution in [2.75, 3.05) is 20.3 Å². The second-order valence-corrected chi connectivity index (χ2v) is 8.00. The predicted octanol–water partition coefficient (Wildman–Crippen LogP) is 5.14. The molecule has 1 amide bonds. The minimum atomic E-state index is -0.126. The van der Waals surface area contributed by atoms with Gasteiger partial charge in [-0.05, 0) is 61.0 Å². The average molecular weight is 464 g/mol. The molecule has 0 aliphatic heterocycles. The molecular weight excluding hydrogens is 438 g/mol. The van der Waals surface area contributed by atoms with Crippen molar-refractivity contribution in [2.45, 2.75) is 19.4 Å². The van der Waals surface area contributed by atoms with Crippen molar-refractivity contribution in [1.82, 2.24) is 14.9 Å². The predicted molar refractivity (Wildman–Crippen MR) is 130 cm³/mol. The van der Waals surface area contributed by atoms with Crippen LogP contribution in [0.3, 0.4) is 0 Å². The zero-order chi connectivity index (χ0) is 23.0. The third kappa shape index (κ3) is 5.84. The number of hydrogen-bond donors (Lipinski definition) is 1. The fourth-order valence-corrected chi connectivity index (χ4v) is 3.86. The largest absolute Gasteiger partial charge is 0.497 e. The first kappa shape index (κ1) is 22.7. The summed E-state index contributed by atoms with van der Waals surface area (Å²) in [5.74, 6) is 2.45. The summed E-state index contributed by atoms with van der Waals surface area (Å²) >= 11 is 5.97. The van der Waals surface area contributed by atoms with Gasteiger partial charge in [0.2, 0.25) is 0 Å².